The number of ether oxygens (including phenoxy) is 3. The third kappa shape index (κ3) is 4.45. The van der Waals surface area contributed by atoms with Crippen LogP contribution in [0.4, 0.5) is 4.79 Å². The highest BCUT2D eigenvalue weighted by molar-refractivity contribution is 14.1. The monoisotopic (exact) mass is 474 g/mol. The zero-order chi connectivity index (χ0) is 19.3. The lowest BCUT2D eigenvalue weighted by atomic mass is 10.1. The maximum absolute atomic E-state index is 12.3. The molecular formula is C17H19IN2O6. The first-order chi connectivity index (χ1) is 12.4. The second-order valence-electron chi connectivity index (χ2n) is 5.34. The van der Waals surface area contributed by atoms with Crippen molar-refractivity contribution in [2.24, 2.45) is 0 Å². The highest BCUT2D eigenvalue weighted by atomic mass is 127. The fraction of sp³-hybridized carbons (Fsp3) is 0.353. The minimum Gasteiger partial charge on any atom is -0.493 e. The normalized spacial score (nSPS) is 15.2. The van der Waals surface area contributed by atoms with Crippen LogP contribution in [0.3, 0.4) is 0 Å². The van der Waals surface area contributed by atoms with Crippen LogP contribution in [0.1, 0.15) is 18.9 Å². The zero-order valence-corrected chi connectivity index (χ0v) is 16.8. The second-order valence-corrected chi connectivity index (χ2v) is 6.51. The van der Waals surface area contributed by atoms with E-state index >= 15 is 0 Å². The number of rotatable bonds is 7. The Morgan fingerprint density at radius 2 is 2.04 bits per heavy atom. The molecule has 0 aliphatic carbocycles. The van der Waals surface area contributed by atoms with Crippen molar-refractivity contribution < 1.29 is 28.6 Å². The molecule has 1 aromatic carbocycles. The van der Waals surface area contributed by atoms with Crippen molar-refractivity contribution in [2.75, 3.05) is 27.4 Å². The predicted molar refractivity (Wildman–Crippen MR) is 102 cm³/mol. The average molecular weight is 474 g/mol. The molecule has 1 aliphatic heterocycles. The molecule has 140 valence electrons. The summed E-state index contributed by atoms with van der Waals surface area (Å²) in [5.41, 5.74) is 0.850. The molecule has 0 spiro atoms. The first kappa shape index (κ1) is 20.0. The summed E-state index contributed by atoms with van der Waals surface area (Å²) in [6.07, 6.45) is 2.26. The van der Waals surface area contributed by atoms with Crippen molar-refractivity contribution in [3.8, 4) is 11.5 Å². The van der Waals surface area contributed by atoms with E-state index in [1.54, 1.807) is 18.2 Å². The second kappa shape index (κ2) is 8.88. The van der Waals surface area contributed by atoms with Gasteiger partial charge in [-0.3, -0.25) is 9.69 Å². The molecule has 0 bridgehead atoms. The lowest BCUT2D eigenvalue weighted by molar-refractivity contribution is -0.143. The minimum atomic E-state index is -0.510. The number of carbonyl (C=O) groups excluding carboxylic acids is 3. The molecule has 0 unspecified atom stereocenters. The summed E-state index contributed by atoms with van der Waals surface area (Å²) in [6.45, 7) is 2.01. The number of benzene rings is 1. The van der Waals surface area contributed by atoms with E-state index in [4.69, 9.17) is 9.47 Å². The van der Waals surface area contributed by atoms with E-state index in [1.165, 1.54) is 19.1 Å². The van der Waals surface area contributed by atoms with Gasteiger partial charge in [0.1, 0.15) is 5.70 Å². The molecule has 3 amide bonds. The molecule has 8 nitrogen and oxygen atoms in total. The van der Waals surface area contributed by atoms with Gasteiger partial charge in [0.25, 0.3) is 5.91 Å². The number of hydrogen-bond acceptors (Lipinski definition) is 6. The number of nitrogens with one attached hydrogen (secondary N) is 1. The van der Waals surface area contributed by atoms with Crippen LogP contribution in [-0.2, 0) is 14.3 Å². The Morgan fingerprint density at radius 3 is 2.65 bits per heavy atom. The molecule has 1 saturated heterocycles. The Bertz CT molecular complexity index is 762. The van der Waals surface area contributed by atoms with Crippen LogP contribution >= 0.6 is 22.6 Å². The highest BCUT2D eigenvalue weighted by Crippen LogP contribution is 2.34. The third-order valence-electron chi connectivity index (χ3n) is 3.53. The summed E-state index contributed by atoms with van der Waals surface area (Å²) in [6, 6.07) is 2.98. The van der Waals surface area contributed by atoms with Crippen molar-refractivity contribution in [1.29, 1.82) is 0 Å². The standard InChI is InChI=1S/C17H19IN2O6/c1-4-5-20-16(22)12(19-17(20)23)7-10-6-11(18)15(13(8-10)24-2)26-9-14(21)25-3/h6-8H,4-5,9H2,1-3H3,(H,19,23)/b12-7+. The van der Waals surface area contributed by atoms with Crippen LogP contribution in [0.5, 0.6) is 11.5 Å². The van der Waals surface area contributed by atoms with E-state index in [0.717, 1.165) is 0 Å². The van der Waals surface area contributed by atoms with Gasteiger partial charge in [-0.05, 0) is 52.8 Å². The van der Waals surface area contributed by atoms with Gasteiger partial charge in [0.05, 0.1) is 17.8 Å². The smallest absolute Gasteiger partial charge is 0.343 e. The maximum Gasteiger partial charge on any atom is 0.343 e. The topological polar surface area (TPSA) is 94.2 Å². The van der Waals surface area contributed by atoms with Crippen LogP contribution < -0.4 is 14.8 Å². The molecule has 0 atom stereocenters. The molecule has 1 fully saturated rings. The molecule has 2 rings (SSSR count). The van der Waals surface area contributed by atoms with Gasteiger partial charge in [0.15, 0.2) is 18.1 Å². The quantitative estimate of drug-likeness (QED) is 0.282. The number of esters is 1. The largest absolute Gasteiger partial charge is 0.493 e. The summed E-state index contributed by atoms with van der Waals surface area (Å²) in [5, 5.41) is 2.57. The Morgan fingerprint density at radius 1 is 1.31 bits per heavy atom. The molecular weight excluding hydrogens is 455 g/mol. The van der Waals surface area contributed by atoms with Gasteiger partial charge in [-0.25, -0.2) is 9.59 Å². The van der Waals surface area contributed by atoms with E-state index in [0.29, 0.717) is 33.6 Å². The van der Waals surface area contributed by atoms with Gasteiger partial charge in [0.2, 0.25) is 0 Å². The van der Waals surface area contributed by atoms with Crippen LogP contribution in [0, 0.1) is 3.57 Å². The maximum atomic E-state index is 12.3. The van der Waals surface area contributed by atoms with Gasteiger partial charge in [-0.1, -0.05) is 6.92 Å². The van der Waals surface area contributed by atoms with Crippen molar-refractivity contribution in [3.05, 3.63) is 27.0 Å². The predicted octanol–water partition coefficient (Wildman–Crippen LogP) is 2.15. The number of hydrogen-bond donors (Lipinski definition) is 1. The molecule has 0 saturated carbocycles. The molecule has 1 aliphatic rings. The number of amides is 3. The van der Waals surface area contributed by atoms with Gasteiger partial charge < -0.3 is 19.5 Å². The lowest BCUT2D eigenvalue weighted by Crippen LogP contribution is -2.31. The zero-order valence-electron chi connectivity index (χ0n) is 14.6. The molecule has 0 radical (unpaired) electrons. The van der Waals surface area contributed by atoms with Crippen molar-refractivity contribution in [1.82, 2.24) is 10.2 Å². The summed E-state index contributed by atoms with van der Waals surface area (Å²) < 4.78 is 16.0. The van der Waals surface area contributed by atoms with Crippen molar-refractivity contribution >= 4 is 46.6 Å². The van der Waals surface area contributed by atoms with Gasteiger partial charge in [0, 0.05) is 6.54 Å². The Balaban J connectivity index is 2.28. The summed E-state index contributed by atoms with van der Waals surface area (Å²) in [4.78, 5) is 36.6. The van der Waals surface area contributed by atoms with Crippen LogP contribution in [0.15, 0.2) is 17.8 Å². The number of urea groups is 1. The van der Waals surface area contributed by atoms with Gasteiger partial charge in [-0.2, -0.15) is 0 Å². The molecule has 26 heavy (non-hydrogen) atoms. The van der Waals surface area contributed by atoms with E-state index < -0.39 is 12.0 Å². The SMILES string of the molecule is CCCN1C(=O)N/C(=C/c2cc(I)c(OCC(=O)OC)c(OC)c2)C1=O. The van der Waals surface area contributed by atoms with Crippen LogP contribution in [0.25, 0.3) is 6.08 Å². The number of imide groups is 1. The van der Waals surface area contributed by atoms with E-state index in [-0.39, 0.29) is 18.2 Å². The fourth-order valence-corrected chi connectivity index (χ4v) is 3.10. The van der Waals surface area contributed by atoms with E-state index in [9.17, 15) is 14.4 Å². The van der Waals surface area contributed by atoms with Crippen LogP contribution in [-0.4, -0.2) is 50.2 Å². The first-order valence-corrected chi connectivity index (χ1v) is 8.90. The molecule has 1 heterocycles. The van der Waals surface area contributed by atoms with Crippen molar-refractivity contribution in [2.45, 2.75) is 13.3 Å². The number of halogens is 1. The fourth-order valence-electron chi connectivity index (χ4n) is 2.32. The third-order valence-corrected chi connectivity index (χ3v) is 4.34. The molecule has 0 aromatic heterocycles. The average Bonchev–Trinajstić information content (AvgIpc) is 2.87. The molecule has 9 heteroatoms. The van der Waals surface area contributed by atoms with Crippen LogP contribution in [0.2, 0.25) is 0 Å². The minimum absolute atomic E-state index is 0.199. The number of methoxy groups -OCH3 is 2. The van der Waals surface area contributed by atoms with Gasteiger partial charge >= 0.3 is 12.0 Å². The Hall–Kier alpha value is -2.30. The number of nitrogens with zero attached hydrogens (tertiary/aromatic N) is 1. The summed E-state index contributed by atoms with van der Waals surface area (Å²) >= 11 is 2.04. The first-order valence-electron chi connectivity index (χ1n) is 7.83. The highest BCUT2D eigenvalue weighted by Gasteiger charge is 2.32. The summed E-state index contributed by atoms with van der Waals surface area (Å²) in [5.74, 6) is -0.0777. The lowest BCUT2D eigenvalue weighted by Gasteiger charge is -2.13. The molecule has 1 N–H and O–H groups in total. The Labute approximate surface area is 164 Å². The van der Waals surface area contributed by atoms with E-state index in [1.807, 2.05) is 29.5 Å². The van der Waals surface area contributed by atoms with E-state index in [2.05, 4.69) is 10.1 Å². The molecule has 1 aromatic rings. The van der Waals surface area contributed by atoms with Crippen molar-refractivity contribution in [3.63, 3.8) is 0 Å². The van der Waals surface area contributed by atoms with Gasteiger partial charge in [-0.15, -0.1) is 0 Å². The summed E-state index contributed by atoms with van der Waals surface area (Å²) in [7, 11) is 2.75. The Kier molecular flexibility index (Phi) is 6.83. The number of carbonyl (C=O) groups is 3.